The third-order valence-electron chi connectivity index (χ3n) is 4.93. The van der Waals surface area contributed by atoms with E-state index in [1.54, 1.807) is 12.1 Å². The first-order valence-electron chi connectivity index (χ1n) is 8.61. The Kier molecular flexibility index (Phi) is 3.98. The highest BCUT2D eigenvalue weighted by molar-refractivity contribution is 6.04. The molecule has 0 spiro atoms. The van der Waals surface area contributed by atoms with Crippen molar-refractivity contribution in [3.05, 3.63) is 52.4 Å². The van der Waals surface area contributed by atoms with Crippen molar-refractivity contribution in [1.82, 2.24) is 4.90 Å². The van der Waals surface area contributed by atoms with Crippen LogP contribution in [0.15, 0.2) is 45.6 Å². The van der Waals surface area contributed by atoms with E-state index in [0.717, 1.165) is 23.7 Å². The molecule has 2 aromatic carbocycles. The van der Waals surface area contributed by atoms with E-state index in [1.807, 2.05) is 12.1 Å². The number of phenolic OH excluding ortho intramolecular Hbond substituents is 1. The quantitative estimate of drug-likeness (QED) is 0.590. The largest absolute Gasteiger partial charge is 0.508 e. The fourth-order valence-electron chi connectivity index (χ4n) is 3.59. The maximum absolute atomic E-state index is 12.3. The van der Waals surface area contributed by atoms with Crippen molar-refractivity contribution >= 4 is 21.7 Å². The predicted octanol–water partition coefficient (Wildman–Crippen LogP) is 3.68. The van der Waals surface area contributed by atoms with Crippen LogP contribution in [0.5, 0.6) is 5.75 Å². The van der Waals surface area contributed by atoms with Gasteiger partial charge in [0, 0.05) is 18.0 Å². The van der Waals surface area contributed by atoms with Gasteiger partial charge < -0.3 is 14.4 Å². The van der Waals surface area contributed by atoms with Gasteiger partial charge in [-0.3, -0.25) is 0 Å². The minimum atomic E-state index is -0.345. The Hall–Kier alpha value is -2.33. The van der Waals surface area contributed by atoms with Gasteiger partial charge in [0.25, 0.3) is 0 Å². The van der Waals surface area contributed by atoms with E-state index in [1.165, 1.54) is 44.0 Å². The van der Waals surface area contributed by atoms with Crippen LogP contribution >= 0.6 is 0 Å². The number of hydrogen-bond acceptors (Lipinski definition) is 4. The fourth-order valence-corrected chi connectivity index (χ4v) is 3.59. The Morgan fingerprint density at radius 2 is 1.75 bits per heavy atom. The molecule has 0 amide bonds. The van der Waals surface area contributed by atoms with Gasteiger partial charge >= 0.3 is 5.63 Å². The molecule has 1 aliphatic heterocycles. The Morgan fingerprint density at radius 1 is 0.958 bits per heavy atom. The van der Waals surface area contributed by atoms with Gasteiger partial charge in [-0.05, 0) is 61.5 Å². The number of aromatic hydroxyl groups is 1. The normalized spacial score (nSPS) is 16.0. The minimum absolute atomic E-state index is 0.100. The number of likely N-dealkylation sites (tertiary alicyclic amines) is 1. The summed E-state index contributed by atoms with van der Waals surface area (Å²) < 4.78 is 5.38. The summed E-state index contributed by atoms with van der Waals surface area (Å²) in [5.41, 5.74) is 1.25. The zero-order valence-electron chi connectivity index (χ0n) is 13.6. The summed E-state index contributed by atoms with van der Waals surface area (Å²) in [6.07, 6.45) is 4.87. The molecule has 4 heteroatoms. The summed E-state index contributed by atoms with van der Waals surface area (Å²) in [6, 6.07) is 10.9. The Bertz CT molecular complexity index is 939. The van der Waals surface area contributed by atoms with Gasteiger partial charge in [0.1, 0.15) is 11.3 Å². The molecule has 4 rings (SSSR count). The van der Waals surface area contributed by atoms with Gasteiger partial charge in [-0.2, -0.15) is 0 Å². The lowest BCUT2D eigenvalue weighted by Gasteiger charge is -2.26. The van der Waals surface area contributed by atoms with E-state index in [2.05, 4.69) is 11.0 Å². The van der Waals surface area contributed by atoms with E-state index in [4.69, 9.17) is 4.42 Å². The molecule has 124 valence electrons. The molecule has 24 heavy (non-hydrogen) atoms. The third-order valence-corrected chi connectivity index (χ3v) is 4.93. The molecule has 1 fully saturated rings. The van der Waals surface area contributed by atoms with Crippen LogP contribution in [0.25, 0.3) is 21.7 Å². The van der Waals surface area contributed by atoms with Gasteiger partial charge in [-0.15, -0.1) is 0 Å². The molecule has 1 aromatic heterocycles. The van der Waals surface area contributed by atoms with Crippen molar-refractivity contribution < 1.29 is 9.52 Å². The van der Waals surface area contributed by atoms with Crippen LogP contribution in [0.1, 0.15) is 24.8 Å². The summed E-state index contributed by atoms with van der Waals surface area (Å²) in [7, 11) is 0. The molecule has 0 atom stereocenters. The second-order valence-corrected chi connectivity index (χ2v) is 6.60. The first kappa shape index (κ1) is 15.2. The Labute approximate surface area is 140 Å². The number of hydrogen-bond donors (Lipinski definition) is 1. The van der Waals surface area contributed by atoms with Crippen LogP contribution in [-0.2, 0) is 6.42 Å². The lowest BCUT2D eigenvalue weighted by Crippen LogP contribution is -2.31. The summed E-state index contributed by atoms with van der Waals surface area (Å²) >= 11 is 0. The Balaban J connectivity index is 1.67. The van der Waals surface area contributed by atoms with Crippen molar-refractivity contribution in [3.63, 3.8) is 0 Å². The van der Waals surface area contributed by atoms with Crippen LogP contribution in [0, 0.1) is 0 Å². The second-order valence-electron chi connectivity index (χ2n) is 6.60. The van der Waals surface area contributed by atoms with Gasteiger partial charge in [-0.25, -0.2) is 4.79 Å². The van der Waals surface area contributed by atoms with E-state index in [-0.39, 0.29) is 11.4 Å². The second kappa shape index (κ2) is 6.29. The first-order chi connectivity index (χ1) is 11.7. The smallest absolute Gasteiger partial charge is 0.344 e. The van der Waals surface area contributed by atoms with Crippen molar-refractivity contribution in [3.8, 4) is 5.75 Å². The van der Waals surface area contributed by atoms with E-state index < -0.39 is 0 Å². The van der Waals surface area contributed by atoms with E-state index >= 15 is 0 Å². The number of piperidine rings is 1. The monoisotopic (exact) mass is 323 g/mol. The van der Waals surface area contributed by atoms with Crippen molar-refractivity contribution in [2.24, 2.45) is 0 Å². The minimum Gasteiger partial charge on any atom is -0.508 e. The molecule has 2 heterocycles. The number of benzene rings is 2. The molecular formula is C20H21NO3. The third kappa shape index (κ3) is 2.89. The zero-order valence-corrected chi connectivity index (χ0v) is 13.6. The van der Waals surface area contributed by atoms with Crippen LogP contribution < -0.4 is 5.63 Å². The lowest BCUT2D eigenvalue weighted by atomic mass is 10.0. The van der Waals surface area contributed by atoms with Gasteiger partial charge in [0.2, 0.25) is 0 Å². The maximum atomic E-state index is 12.3. The zero-order chi connectivity index (χ0) is 16.5. The van der Waals surface area contributed by atoms with Crippen molar-refractivity contribution in [1.29, 1.82) is 0 Å². The van der Waals surface area contributed by atoms with Gasteiger partial charge in [0.15, 0.2) is 0 Å². The molecule has 0 saturated carbocycles. The highest BCUT2D eigenvalue weighted by Gasteiger charge is 2.12. The summed E-state index contributed by atoms with van der Waals surface area (Å²) in [5, 5.41) is 11.9. The lowest BCUT2D eigenvalue weighted by molar-refractivity contribution is 0.231. The topological polar surface area (TPSA) is 53.7 Å². The average Bonchev–Trinajstić information content (AvgIpc) is 2.61. The predicted molar refractivity (Wildman–Crippen MR) is 95.6 cm³/mol. The van der Waals surface area contributed by atoms with Gasteiger partial charge in [0.05, 0.1) is 5.39 Å². The van der Waals surface area contributed by atoms with Crippen LogP contribution in [0.3, 0.4) is 0 Å². The first-order valence-corrected chi connectivity index (χ1v) is 8.61. The fraction of sp³-hybridized carbons (Fsp3) is 0.350. The van der Waals surface area contributed by atoms with Crippen molar-refractivity contribution in [2.45, 2.75) is 25.7 Å². The molecule has 1 aliphatic rings. The molecule has 1 saturated heterocycles. The highest BCUT2D eigenvalue weighted by atomic mass is 16.4. The summed E-state index contributed by atoms with van der Waals surface area (Å²) in [5.74, 6) is 0.100. The molecular weight excluding hydrogens is 302 g/mol. The maximum Gasteiger partial charge on any atom is 0.344 e. The van der Waals surface area contributed by atoms with Crippen LogP contribution in [0.4, 0.5) is 0 Å². The highest BCUT2D eigenvalue weighted by Crippen LogP contribution is 2.26. The molecule has 0 unspecified atom stereocenters. The number of fused-ring (bicyclic) bond motifs is 3. The number of rotatable bonds is 3. The van der Waals surface area contributed by atoms with Crippen LogP contribution in [-0.4, -0.2) is 29.6 Å². The van der Waals surface area contributed by atoms with E-state index in [9.17, 15) is 9.90 Å². The average molecular weight is 323 g/mol. The van der Waals surface area contributed by atoms with Crippen LogP contribution in [0.2, 0.25) is 0 Å². The molecule has 1 N–H and O–H groups in total. The van der Waals surface area contributed by atoms with Crippen molar-refractivity contribution in [2.75, 3.05) is 19.6 Å². The number of phenols is 1. The SMILES string of the molecule is O=c1oc2cc(O)ccc2c2ccc(CCN3CCCCC3)cc12. The standard InChI is InChI=1S/C20H21NO3/c22-15-5-7-17-16-6-4-14(8-11-21-9-2-1-3-10-21)12-18(16)20(23)24-19(17)13-15/h4-7,12-13,22H,1-3,8-11H2. The van der Waals surface area contributed by atoms with E-state index in [0.29, 0.717) is 11.0 Å². The molecule has 0 bridgehead atoms. The molecule has 3 aromatic rings. The summed E-state index contributed by atoms with van der Waals surface area (Å²) in [4.78, 5) is 14.8. The Morgan fingerprint density at radius 3 is 2.58 bits per heavy atom. The molecule has 4 nitrogen and oxygen atoms in total. The number of nitrogens with zero attached hydrogens (tertiary/aromatic N) is 1. The summed E-state index contributed by atoms with van der Waals surface area (Å²) in [6.45, 7) is 3.41. The molecule has 0 aliphatic carbocycles. The van der Waals surface area contributed by atoms with Gasteiger partial charge in [-0.1, -0.05) is 18.6 Å². The molecule has 0 radical (unpaired) electrons.